The summed E-state index contributed by atoms with van der Waals surface area (Å²) in [7, 11) is 0. The molecule has 0 bridgehead atoms. The number of aromatic nitrogens is 4. The third-order valence-electron chi connectivity index (χ3n) is 5.40. The van der Waals surface area contributed by atoms with Gasteiger partial charge in [-0.3, -0.25) is 9.59 Å². The predicted molar refractivity (Wildman–Crippen MR) is 112 cm³/mol. The molecule has 0 aliphatic heterocycles. The van der Waals surface area contributed by atoms with Crippen LogP contribution in [0.5, 0.6) is 0 Å². The molecule has 1 heterocycles. The van der Waals surface area contributed by atoms with Crippen molar-refractivity contribution in [1.29, 1.82) is 0 Å². The number of nitrogens with one attached hydrogen (secondary N) is 3. The Kier molecular flexibility index (Phi) is 6.12. The smallest absolute Gasteiger partial charge is 0.252 e. The molecule has 1 aliphatic carbocycles. The van der Waals surface area contributed by atoms with Crippen LogP contribution in [0.1, 0.15) is 59.9 Å². The molecule has 1 aliphatic rings. The van der Waals surface area contributed by atoms with E-state index in [1.165, 1.54) is 6.42 Å². The lowest BCUT2D eigenvalue weighted by atomic mass is 9.88. The van der Waals surface area contributed by atoms with Gasteiger partial charge in [-0.2, -0.15) is 5.21 Å². The average Bonchev–Trinajstić information content (AvgIpc) is 3.33. The maximum absolute atomic E-state index is 13.0. The van der Waals surface area contributed by atoms with E-state index < -0.39 is 6.04 Å². The van der Waals surface area contributed by atoms with Gasteiger partial charge in [0.25, 0.3) is 5.91 Å². The third-order valence-corrected chi connectivity index (χ3v) is 5.40. The summed E-state index contributed by atoms with van der Waals surface area (Å²) in [5, 5.41) is 20.0. The molecule has 1 atom stereocenters. The minimum Gasteiger partial charge on any atom is -0.338 e. The second-order valence-corrected chi connectivity index (χ2v) is 7.49. The number of hydrogen-bond donors (Lipinski definition) is 3. The minimum absolute atomic E-state index is 0.0289. The fourth-order valence-electron chi connectivity index (χ4n) is 3.80. The van der Waals surface area contributed by atoms with E-state index in [9.17, 15) is 9.59 Å². The van der Waals surface area contributed by atoms with Crippen molar-refractivity contribution in [2.75, 3.05) is 5.32 Å². The molecule has 1 saturated carbocycles. The zero-order valence-corrected chi connectivity index (χ0v) is 16.5. The molecular formula is C22H24N6O2. The Morgan fingerprint density at radius 2 is 1.80 bits per heavy atom. The molecule has 0 spiro atoms. The van der Waals surface area contributed by atoms with Gasteiger partial charge in [0.1, 0.15) is 6.04 Å². The van der Waals surface area contributed by atoms with E-state index in [0.717, 1.165) is 31.2 Å². The van der Waals surface area contributed by atoms with E-state index in [2.05, 4.69) is 31.3 Å². The summed E-state index contributed by atoms with van der Waals surface area (Å²) >= 11 is 0. The lowest BCUT2D eigenvalue weighted by Gasteiger charge is -2.21. The SMILES string of the molecule is O=C(N[C@H](c1ccccc1)c1nn[nH]n1)c1cccc(NC(=O)C2CCCCC2)c1. The molecule has 3 aromatic rings. The molecule has 30 heavy (non-hydrogen) atoms. The highest BCUT2D eigenvalue weighted by Crippen LogP contribution is 2.25. The van der Waals surface area contributed by atoms with Crippen LogP contribution >= 0.6 is 0 Å². The van der Waals surface area contributed by atoms with Crippen molar-refractivity contribution in [1.82, 2.24) is 25.9 Å². The minimum atomic E-state index is -0.544. The van der Waals surface area contributed by atoms with Crippen molar-refractivity contribution in [3.63, 3.8) is 0 Å². The van der Waals surface area contributed by atoms with Crippen LogP contribution in [0.2, 0.25) is 0 Å². The van der Waals surface area contributed by atoms with Gasteiger partial charge in [-0.25, -0.2) is 0 Å². The summed E-state index contributed by atoms with van der Waals surface area (Å²) in [6.45, 7) is 0. The molecule has 3 N–H and O–H groups in total. The fraction of sp³-hybridized carbons (Fsp3) is 0.318. The highest BCUT2D eigenvalue weighted by atomic mass is 16.2. The summed E-state index contributed by atoms with van der Waals surface area (Å²) in [6, 6.07) is 15.9. The summed E-state index contributed by atoms with van der Waals surface area (Å²) in [4.78, 5) is 25.5. The zero-order chi connectivity index (χ0) is 20.8. The molecule has 1 aromatic heterocycles. The van der Waals surface area contributed by atoms with Gasteiger partial charge in [-0.15, -0.1) is 10.2 Å². The average molecular weight is 404 g/mol. The number of hydrogen-bond acceptors (Lipinski definition) is 5. The van der Waals surface area contributed by atoms with Crippen molar-refractivity contribution in [3.05, 3.63) is 71.5 Å². The summed E-state index contributed by atoms with van der Waals surface area (Å²) in [6.07, 6.45) is 5.24. The second-order valence-electron chi connectivity index (χ2n) is 7.49. The van der Waals surface area contributed by atoms with Crippen LogP contribution in [0.3, 0.4) is 0 Å². The first-order chi connectivity index (χ1) is 14.7. The van der Waals surface area contributed by atoms with Crippen LogP contribution in [0.15, 0.2) is 54.6 Å². The normalized spacial score (nSPS) is 15.3. The molecule has 2 amide bonds. The third kappa shape index (κ3) is 4.71. The van der Waals surface area contributed by atoms with E-state index in [-0.39, 0.29) is 17.7 Å². The van der Waals surface area contributed by atoms with Gasteiger partial charge < -0.3 is 10.6 Å². The Bertz CT molecular complexity index is 984. The highest BCUT2D eigenvalue weighted by Gasteiger charge is 2.23. The van der Waals surface area contributed by atoms with Crippen molar-refractivity contribution in [3.8, 4) is 0 Å². The lowest BCUT2D eigenvalue weighted by Crippen LogP contribution is -2.30. The summed E-state index contributed by atoms with van der Waals surface area (Å²) in [5.41, 5.74) is 1.91. The largest absolute Gasteiger partial charge is 0.338 e. The van der Waals surface area contributed by atoms with Gasteiger partial charge in [0, 0.05) is 17.2 Å². The number of H-pyrrole nitrogens is 1. The number of benzene rings is 2. The Labute approximate surface area is 174 Å². The van der Waals surface area contributed by atoms with E-state index in [1.807, 2.05) is 30.3 Å². The van der Waals surface area contributed by atoms with Gasteiger partial charge in [-0.05, 0) is 36.6 Å². The van der Waals surface area contributed by atoms with E-state index >= 15 is 0 Å². The summed E-state index contributed by atoms with van der Waals surface area (Å²) in [5.74, 6) is 0.164. The molecule has 0 saturated heterocycles. The predicted octanol–water partition coefficient (Wildman–Crippen LogP) is 3.24. The first-order valence-electron chi connectivity index (χ1n) is 10.2. The van der Waals surface area contributed by atoms with Crippen LogP contribution < -0.4 is 10.6 Å². The molecule has 4 rings (SSSR count). The number of amides is 2. The molecule has 8 heteroatoms. The van der Waals surface area contributed by atoms with Crippen LogP contribution in [0.25, 0.3) is 0 Å². The second kappa shape index (κ2) is 9.30. The van der Waals surface area contributed by atoms with Gasteiger partial charge in [0.2, 0.25) is 11.7 Å². The maximum atomic E-state index is 13.0. The van der Waals surface area contributed by atoms with Crippen LogP contribution in [-0.2, 0) is 4.79 Å². The maximum Gasteiger partial charge on any atom is 0.252 e. The Morgan fingerprint density at radius 1 is 1.00 bits per heavy atom. The molecule has 2 aromatic carbocycles. The monoisotopic (exact) mass is 404 g/mol. The Hall–Kier alpha value is -3.55. The van der Waals surface area contributed by atoms with E-state index in [1.54, 1.807) is 24.3 Å². The lowest BCUT2D eigenvalue weighted by molar-refractivity contribution is -0.120. The molecule has 154 valence electrons. The van der Waals surface area contributed by atoms with Crippen molar-refractivity contribution >= 4 is 17.5 Å². The molecule has 1 fully saturated rings. The zero-order valence-electron chi connectivity index (χ0n) is 16.5. The number of tetrazole rings is 1. The van der Waals surface area contributed by atoms with Gasteiger partial charge in [0.15, 0.2) is 0 Å². The van der Waals surface area contributed by atoms with Gasteiger partial charge in [-0.1, -0.05) is 60.9 Å². The van der Waals surface area contributed by atoms with E-state index in [0.29, 0.717) is 17.1 Å². The first-order valence-corrected chi connectivity index (χ1v) is 10.2. The molecule has 8 nitrogen and oxygen atoms in total. The highest BCUT2D eigenvalue weighted by molar-refractivity contribution is 5.98. The van der Waals surface area contributed by atoms with Crippen molar-refractivity contribution in [2.45, 2.75) is 38.1 Å². The number of carbonyl (C=O) groups is 2. The number of rotatable bonds is 6. The topological polar surface area (TPSA) is 113 Å². The number of anilines is 1. The molecule has 0 radical (unpaired) electrons. The van der Waals surface area contributed by atoms with Crippen LogP contribution in [-0.4, -0.2) is 32.4 Å². The van der Waals surface area contributed by atoms with Crippen molar-refractivity contribution in [2.24, 2.45) is 5.92 Å². The van der Waals surface area contributed by atoms with Gasteiger partial charge in [0.05, 0.1) is 0 Å². The number of nitrogens with zero attached hydrogens (tertiary/aromatic N) is 3. The summed E-state index contributed by atoms with van der Waals surface area (Å²) < 4.78 is 0. The van der Waals surface area contributed by atoms with Gasteiger partial charge >= 0.3 is 0 Å². The Morgan fingerprint density at radius 3 is 2.53 bits per heavy atom. The number of aromatic amines is 1. The Balaban J connectivity index is 1.48. The standard InChI is InChI=1S/C22H24N6O2/c29-21(16-10-5-2-6-11-16)23-18-13-7-12-17(14-18)22(30)24-19(20-25-27-28-26-20)15-8-3-1-4-9-15/h1,3-4,7-9,12-14,16,19H,2,5-6,10-11H2,(H,23,29)(H,24,30)(H,25,26,27,28)/t19-/m1/s1. The number of carbonyl (C=O) groups excluding carboxylic acids is 2. The van der Waals surface area contributed by atoms with Crippen molar-refractivity contribution < 1.29 is 9.59 Å². The molecule has 0 unspecified atom stereocenters. The fourth-order valence-corrected chi connectivity index (χ4v) is 3.80. The quantitative estimate of drug-likeness (QED) is 0.584. The van der Waals surface area contributed by atoms with E-state index in [4.69, 9.17) is 0 Å². The van der Waals surface area contributed by atoms with Crippen LogP contribution in [0, 0.1) is 5.92 Å². The van der Waals surface area contributed by atoms with Crippen LogP contribution in [0.4, 0.5) is 5.69 Å². The first kappa shape index (κ1) is 19.8. The molecular weight excluding hydrogens is 380 g/mol.